The number of alkyl halides is 1. The minimum Gasteiger partial charge on any atom is -0.443 e. The van der Waals surface area contributed by atoms with E-state index >= 15 is 0 Å². The number of nitrogens with zero attached hydrogens (tertiary/aromatic N) is 3. The molecule has 0 aliphatic heterocycles. The number of nitrogens with two attached hydrogens (primary N) is 1. The summed E-state index contributed by atoms with van der Waals surface area (Å²) in [6.45, 7) is 1.68. The molecule has 116 valence electrons. The summed E-state index contributed by atoms with van der Waals surface area (Å²) in [7, 11) is 0. The summed E-state index contributed by atoms with van der Waals surface area (Å²) in [5.74, 6) is -0.269. The van der Waals surface area contributed by atoms with Crippen LogP contribution in [0.4, 0.5) is 10.2 Å². The number of carbonyl (C=O) groups is 1. The molecule has 2 heterocycles. The van der Waals surface area contributed by atoms with Crippen LogP contribution in [0.25, 0.3) is 11.6 Å². The Balaban J connectivity index is 1.85. The van der Waals surface area contributed by atoms with Crippen LogP contribution >= 0.6 is 0 Å². The second kappa shape index (κ2) is 5.70. The first-order valence-corrected chi connectivity index (χ1v) is 7.05. The predicted octanol–water partition coefficient (Wildman–Crippen LogP) is 1.64. The molecule has 22 heavy (non-hydrogen) atoms. The lowest BCUT2D eigenvalue weighted by molar-refractivity contribution is 0.0914. The van der Waals surface area contributed by atoms with Crippen molar-refractivity contribution in [3.8, 4) is 11.6 Å². The van der Waals surface area contributed by atoms with Crippen LogP contribution in [0.3, 0.4) is 0 Å². The van der Waals surface area contributed by atoms with Crippen LogP contribution < -0.4 is 11.1 Å². The van der Waals surface area contributed by atoms with E-state index in [1.54, 1.807) is 6.92 Å². The number of rotatable bonds is 3. The molecule has 2 atom stereocenters. The van der Waals surface area contributed by atoms with Crippen molar-refractivity contribution in [3.63, 3.8) is 0 Å². The maximum absolute atomic E-state index is 13.6. The molecule has 1 amide bonds. The van der Waals surface area contributed by atoms with Gasteiger partial charge in [0.2, 0.25) is 5.89 Å². The average molecular weight is 305 g/mol. The van der Waals surface area contributed by atoms with Crippen LogP contribution in [0.2, 0.25) is 0 Å². The number of oxazole rings is 1. The number of hydrogen-bond donors (Lipinski definition) is 2. The van der Waals surface area contributed by atoms with Crippen LogP contribution in [0.1, 0.15) is 35.4 Å². The van der Waals surface area contributed by atoms with Gasteiger partial charge < -0.3 is 15.5 Å². The molecule has 1 aliphatic carbocycles. The lowest BCUT2D eigenvalue weighted by atomic mass is 10.2. The molecule has 0 radical (unpaired) electrons. The SMILES string of the molecule is Cc1nc(C(=O)N[C@@H]2CCC[C@H]2F)c(N)nc1-c1ncco1. The monoisotopic (exact) mass is 305 g/mol. The van der Waals surface area contributed by atoms with Gasteiger partial charge in [-0.25, -0.2) is 19.3 Å². The quantitative estimate of drug-likeness (QED) is 0.892. The molecular formula is C14H16FN5O2. The zero-order chi connectivity index (χ0) is 15.7. The second-order valence-electron chi connectivity index (χ2n) is 5.26. The van der Waals surface area contributed by atoms with E-state index in [9.17, 15) is 9.18 Å². The summed E-state index contributed by atoms with van der Waals surface area (Å²) < 4.78 is 18.7. The van der Waals surface area contributed by atoms with E-state index in [1.807, 2.05) is 0 Å². The molecule has 0 unspecified atom stereocenters. The number of aryl methyl sites for hydroxylation is 1. The van der Waals surface area contributed by atoms with Gasteiger partial charge in [0.1, 0.15) is 18.1 Å². The number of nitrogen functional groups attached to an aromatic ring is 1. The van der Waals surface area contributed by atoms with E-state index in [2.05, 4.69) is 20.3 Å². The van der Waals surface area contributed by atoms with Gasteiger partial charge in [0.25, 0.3) is 5.91 Å². The van der Waals surface area contributed by atoms with Gasteiger partial charge in [-0.1, -0.05) is 0 Å². The Labute approximate surface area is 126 Å². The van der Waals surface area contributed by atoms with E-state index < -0.39 is 18.1 Å². The molecule has 7 nitrogen and oxygen atoms in total. The molecule has 0 bridgehead atoms. The Kier molecular flexibility index (Phi) is 3.74. The van der Waals surface area contributed by atoms with Crippen molar-refractivity contribution in [2.45, 2.75) is 38.4 Å². The summed E-state index contributed by atoms with van der Waals surface area (Å²) in [5, 5.41) is 2.63. The number of amides is 1. The number of anilines is 1. The van der Waals surface area contributed by atoms with Crippen LogP contribution in [0.5, 0.6) is 0 Å². The minimum absolute atomic E-state index is 0.00749. The van der Waals surface area contributed by atoms with Gasteiger partial charge in [0, 0.05) is 0 Å². The van der Waals surface area contributed by atoms with E-state index in [1.165, 1.54) is 12.5 Å². The lowest BCUT2D eigenvalue weighted by Crippen LogP contribution is -2.39. The molecule has 1 fully saturated rings. The first-order valence-electron chi connectivity index (χ1n) is 7.05. The van der Waals surface area contributed by atoms with Gasteiger partial charge in [-0.2, -0.15) is 0 Å². The maximum Gasteiger partial charge on any atom is 0.274 e. The van der Waals surface area contributed by atoms with Crippen LogP contribution in [-0.4, -0.2) is 33.1 Å². The fourth-order valence-electron chi connectivity index (χ4n) is 2.56. The van der Waals surface area contributed by atoms with Crippen LogP contribution in [0, 0.1) is 6.92 Å². The molecule has 8 heteroatoms. The van der Waals surface area contributed by atoms with Gasteiger partial charge in [0.15, 0.2) is 11.5 Å². The largest absolute Gasteiger partial charge is 0.443 e. The first kappa shape index (κ1) is 14.4. The highest BCUT2D eigenvalue weighted by atomic mass is 19.1. The van der Waals surface area contributed by atoms with Gasteiger partial charge in [-0.05, 0) is 26.2 Å². The standard InChI is InChI=1S/C14H16FN5O2/c1-7-10(14-17-5-6-22-14)20-12(16)11(18-7)13(21)19-9-4-2-3-8(9)15/h5-6,8-9H,2-4H2,1H3,(H2,16,20)(H,19,21)/t8-,9-/m1/s1. The van der Waals surface area contributed by atoms with Crippen molar-refractivity contribution in [3.05, 3.63) is 23.8 Å². The lowest BCUT2D eigenvalue weighted by Gasteiger charge is -2.15. The van der Waals surface area contributed by atoms with E-state index in [-0.39, 0.29) is 17.4 Å². The van der Waals surface area contributed by atoms with Crippen molar-refractivity contribution in [1.82, 2.24) is 20.3 Å². The molecular weight excluding hydrogens is 289 g/mol. The number of nitrogens with one attached hydrogen (secondary N) is 1. The van der Waals surface area contributed by atoms with Gasteiger partial charge in [0.05, 0.1) is 17.9 Å². The van der Waals surface area contributed by atoms with Gasteiger partial charge in [-0.15, -0.1) is 0 Å². The van der Waals surface area contributed by atoms with Crippen LogP contribution in [-0.2, 0) is 0 Å². The number of aromatic nitrogens is 3. The van der Waals surface area contributed by atoms with Crippen molar-refractivity contribution in [2.24, 2.45) is 0 Å². The smallest absolute Gasteiger partial charge is 0.274 e. The Morgan fingerprint density at radius 2 is 2.27 bits per heavy atom. The first-order chi connectivity index (χ1) is 10.6. The fraction of sp³-hybridized carbons (Fsp3) is 0.429. The molecule has 0 aromatic carbocycles. The highest BCUT2D eigenvalue weighted by Crippen LogP contribution is 2.24. The number of hydrogen-bond acceptors (Lipinski definition) is 6. The molecule has 2 aromatic rings. The zero-order valence-corrected chi connectivity index (χ0v) is 12.0. The second-order valence-corrected chi connectivity index (χ2v) is 5.26. The summed E-state index contributed by atoms with van der Waals surface area (Å²) in [5.41, 5.74) is 6.64. The van der Waals surface area contributed by atoms with Crippen molar-refractivity contribution in [2.75, 3.05) is 5.73 Å². The van der Waals surface area contributed by atoms with Crippen LogP contribution in [0.15, 0.2) is 16.9 Å². The highest BCUT2D eigenvalue weighted by Gasteiger charge is 2.30. The number of carbonyl (C=O) groups excluding carboxylic acids is 1. The molecule has 3 rings (SSSR count). The third kappa shape index (κ3) is 2.63. The van der Waals surface area contributed by atoms with Crippen molar-refractivity contribution in [1.29, 1.82) is 0 Å². The van der Waals surface area contributed by atoms with Crippen molar-refractivity contribution >= 4 is 11.7 Å². The number of halogens is 1. The van der Waals surface area contributed by atoms with E-state index in [0.29, 0.717) is 24.2 Å². The predicted molar refractivity (Wildman–Crippen MR) is 76.7 cm³/mol. The third-order valence-electron chi connectivity index (χ3n) is 3.70. The van der Waals surface area contributed by atoms with Gasteiger partial charge >= 0.3 is 0 Å². The summed E-state index contributed by atoms with van der Waals surface area (Å²) in [6, 6.07) is -0.486. The Morgan fingerprint density at radius 3 is 2.91 bits per heavy atom. The highest BCUT2D eigenvalue weighted by molar-refractivity contribution is 5.96. The normalized spacial score (nSPS) is 21.0. The average Bonchev–Trinajstić information content (AvgIpc) is 3.13. The topological polar surface area (TPSA) is 107 Å². The molecule has 1 aliphatic rings. The third-order valence-corrected chi connectivity index (χ3v) is 3.70. The van der Waals surface area contributed by atoms with E-state index in [4.69, 9.17) is 10.2 Å². The summed E-state index contributed by atoms with van der Waals surface area (Å²) in [4.78, 5) is 24.5. The molecule has 2 aromatic heterocycles. The fourth-order valence-corrected chi connectivity index (χ4v) is 2.56. The summed E-state index contributed by atoms with van der Waals surface area (Å²) >= 11 is 0. The molecule has 0 saturated heterocycles. The Morgan fingerprint density at radius 1 is 1.45 bits per heavy atom. The molecule has 3 N–H and O–H groups in total. The van der Waals surface area contributed by atoms with E-state index in [0.717, 1.165) is 6.42 Å². The Hall–Kier alpha value is -2.51. The zero-order valence-electron chi connectivity index (χ0n) is 12.0. The minimum atomic E-state index is -1.02. The van der Waals surface area contributed by atoms with Gasteiger partial charge in [-0.3, -0.25) is 4.79 Å². The molecule has 0 spiro atoms. The molecule has 1 saturated carbocycles. The summed E-state index contributed by atoms with van der Waals surface area (Å²) in [6.07, 6.45) is 3.71. The Bertz CT molecular complexity index is 689. The maximum atomic E-state index is 13.6. The van der Waals surface area contributed by atoms with Crippen molar-refractivity contribution < 1.29 is 13.6 Å².